The lowest BCUT2D eigenvalue weighted by Crippen LogP contribution is -2.22. The highest BCUT2D eigenvalue weighted by Gasteiger charge is 2.14. The van der Waals surface area contributed by atoms with Crippen LogP contribution in [0, 0.1) is 0 Å². The Bertz CT molecular complexity index is 1150. The van der Waals surface area contributed by atoms with E-state index in [1.165, 1.54) is 0 Å². The van der Waals surface area contributed by atoms with Crippen LogP contribution >= 0.6 is 11.3 Å². The number of carbonyl (C=O) groups is 1. The Balaban J connectivity index is 1.32. The molecule has 0 fully saturated rings. The van der Waals surface area contributed by atoms with Crippen LogP contribution in [-0.4, -0.2) is 17.7 Å². The summed E-state index contributed by atoms with van der Waals surface area (Å²) in [6, 6.07) is 16.9. The molecule has 1 aliphatic heterocycles. The maximum absolute atomic E-state index is 12.4. The highest BCUT2D eigenvalue weighted by Crippen LogP contribution is 2.37. The second-order valence-corrected chi connectivity index (χ2v) is 7.34. The molecular weight excluding hydrogens is 376 g/mol. The van der Waals surface area contributed by atoms with Crippen LogP contribution in [0.5, 0.6) is 23.0 Å². The van der Waals surface area contributed by atoms with E-state index in [4.69, 9.17) is 14.2 Å². The third kappa shape index (κ3) is 3.27. The molecule has 2 aromatic carbocycles. The van der Waals surface area contributed by atoms with Crippen LogP contribution in [0.25, 0.3) is 10.9 Å². The normalized spacial score (nSPS) is 12.3. The predicted molar refractivity (Wildman–Crippen MR) is 106 cm³/mol. The van der Waals surface area contributed by atoms with Crippen LogP contribution in [0.3, 0.4) is 0 Å². The fourth-order valence-electron chi connectivity index (χ4n) is 3.05. The third-order valence-corrected chi connectivity index (χ3v) is 5.30. The van der Waals surface area contributed by atoms with Crippen molar-refractivity contribution in [2.75, 3.05) is 6.79 Å². The van der Waals surface area contributed by atoms with Gasteiger partial charge in [-0.15, -0.1) is 11.3 Å². The van der Waals surface area contributed by atoms with Gasteiger partial charge in [0.25, 0.3) is 5.91 Å². The van der Waals surface area contributed by atoms with Crippen LogP contribution in [0.15, 0.2) is 60.0 Å². The van der Waals surface area contributed by atoms with Gasteiger partial charge in [-0.3, -0.25) is 4.79 Å². The Morgan fingerprint density at radius 3 is 2.82 bits per heavy atom. The SMILES string of the molecule is O=C(NCc1cccs1)c1cc2cc(Oc3ccc4c(c3)OCO4)ccc2[nH]1. The van der Waals surface area contributed by atoms with Crippen molar-refractivity contribution in [3.63, 3.8) is 0 Å². The number of aromatic amines is 1. The Kier molecular flexibility index (Phi) is 4.14. The van der Waals surface area contributed by atoms with Crippen LogP contribution in [0.2, 0.25) is 0 Å². The molecule has 0 spiro atoms. The van der Waals surface area contributed by atoms with Gasteiger partial charge in [0.2, 0.25) is 6.79 Å². The van der Waals surface area contributed by atoms with Gasteiger partial charge >= 0.3 is 0 Å². The van der Waals surface area contributed by atoms with Crippen LogP contribution in [0.1, 0.15) is 15.4 Å². The smallest absolute Gasteiger partial charge is 0.268 e. The number of hydrogen-bond donors (Lipinski definition) is 2. The summed E-state index contributed by atoms with van der Waals surface area (Å²) in [4.78, 5) is 16.7. The minimum atomic E-state index is -0.136. The fraction of sp³-hybridized carbons (Fsp3) is 0.0952. The van der Waals surface area contributed by atoms with Crippen LogP contribution in [-0.2, 0) is 6.54 Å². The zero-order chi connectivity index (χ0) is 18.9. The van der Waals surface area contributed by atoms with E-state index < -0.39 is 0 Å². The van der Waals surface area contributed by atoms with Crippen molar-refractivity contribution in [1.82, 2.24) is 10.3 Å². The first-order valence-electron chi connectivity index (χ1n) is 8.75. The number of thiophene rings is 1. The molecule has 0 unspecified atom stereocenters. The summed E-state index contributed by atoms with van der Waals surface area (Å²) in [5, 5.41) is 5.82. The van der Waals surface area contributed by atoms with Gasteiger partial charge in [-0.25, -0.2) is 0 Å². The highest BCUT2D eigenvalue weighted by atomic mass is 32.1. The van der Waals surface area contributed by atoms with E-state index in [0.717, 1.165) is 15.8 Å². The van der Waals surface area contributed by atoms with Crippen molar-refractivity contribution in [3.8, 4) is 23.0 Å². The molecule has 2 aromatic heterocycles. The summed E-state index contributed by atoms with van der Waals surface area (Å²) in [6.07, 6.45) is 0. The van der Waals surface area contributed by atoms with Gasteiger partial charge in [0.05, 0.1) is 6.54 Å². The molecule has 1 amide bonds. The van der Waals surface area contributed by atoms with Gasteiger partial charge in [-0.05, 0) is 47.8 Å². The standard InChI is InChI=1S/C21H16N2O4S/c24-21(22-11-16-2-1-7-28-16)18-9-13-8-14(3-5-17(13)23-18)27-15-4-6-19-20(10-15)26-12-25-19/h1-10,23H,11-12H2,(H,22,24). The molecule has 0 saturated carbocycles. The quantitative estimate of drug-likeness (QED) is 0.517. The number of ether oxygens (including phenoxy) is 3. The second-order valence-electron chi connectivity index (χ2n) is 6.31. The second kappa shape index (κ2) is 6.94. The molecule has 28 heavy (non-hydrogen) atoms. The molecule has 7 heteroatoms. The number of hydrogen-bond acceptors (Lipinski definition) is 5. The number of rotatable bonds is 5. The first-order valence-corrected chi connectivity index (χ1v) is 9.63. The van der Waals surface area contributed by atoms with Crippen LogP contribution in [0.4, 0.5) is 0 Å². The molecule has 0 saturated heterocycles. The maximum atomic E-state index is 12.4. The van der Waals surface area contributed by atoms with E-state index >= 15 is 0 Å². The summed E-state index contributed by atoms with van der Waals surface area (Å²) in [5.74, 6) is 2.59. The molecule has 3 heterocycles. The number of carbonyl (C=O) groups excluding carboxylic acids is 1. The van der Waals surface area contributed by atoms with E-state index in [-0.39, 0.29) is 12.7 Å². The minimum Gasteiger partial charge on any atom is -0.457 e. The lowest BCUT2D eigenvalue weighted by atomic mass is 10.2. The van der Waals surface area contributed by atoms with Gasteiger partial charge in [-0.1, -0.05) is 6.07 Å². The molecule has 4 aromatic rings. The van der Waals surface area contributed by atoms with Gasteiger partial charge in [-0.2, -0.15) is 0 Å². The zero-order valence-corrected chi connectivity index (χ0v) is 15.5. The first-order chi connectivity index (χ1) is 13.7. The van der Waals surface area contributed by atoms with E-state index in [1.807, 2.05) is 53.9 Å². The van der Waals surface area contributed by atoms with E-state index in [2.05, 4.69) is 10.3 Å². The molecule has 6 nitrogen and oxygen atoms in total. The molecule has 0 aliphatic carbocycles. The van der Waals surface area contributed by atoms with Crippen molar-refractivity contribution >= 4 is 28.1 Å². The molecular formula is C21H16N2O4S. The largest absolute Gasteiger partial charge is 0.457 e. The number of amides is 1. The molecule has 0 radical (unpaired) electrons. The number of aromatic nitrogens is 1. The lowest BCUT2D eigenvalue weighted by molar-refractivity contribution is 0.0947. The van der Waals surface area contributed by atoms with Gasteiger partial charge < -0.3 is 24.5 Å². The number of fused-ring (bicyclic) bond motifs is 2. The van der Waals surface area contributed by atoms with Gasteiger partial charge in [0, 0.05) is 21.8 Å². The summed E-state index contributed by atoms with van der Waals surface area (Å²) in [5.41, 5.74) is 1.39. The lowest BCUT2D eigenvalue weighted by Gasteiger charge is -2.06. The summed E-state index contributed by atoms with van der Waals surface area (Å²) in [7, 11) is 0. The summed E-state index contributed by atoms with van der Waals surface area (Å²) < 4.78 is 16.6. The maximum Gasteiger partial charge on any atom is 0.268 e. The average molecular weight is 392 g/mol. The zero-order valence-electron chi connectivity index (χ0n) is 14.7. The molecule has 2 N–H and O–H groups in total. The van der Waals surface area contributed by atoms with E-state index in [1.54, 1.807) is 17.4 Å². The Labute approximate surface area is 164 Å². The molecule has 0 atom stereocenters. The van der Waals surface area contributed by atoms with Gasteiger partial charge in [0.15, 0.2) is 11.5 Å². The van der Waals surface area contributed by atoms with Gasteiger partial charge in [0.1, 0.15) is 17.2 Å². The number of nitrogens with one attached hydrogen (secondary N) is 2. The topological polar surface area (TPSA) is 72.6 Å². The van der Waals surface area contributed by atoms with Crippen LogP contribution < -0.4 is 19.5 Å². The number of H-pyrrole nitrogens is 1. The van der Waals surface area contributed by atoms with Crippen molar-refractivity contribution in [2.24, 2.45) is 0 Å². The third-order valence-electron chi connectivity index (χ3n) is 4.42. The predicted octanol–water partition coefficient (Wildman–Crippen LogP) is 4.68. The van der Waals surface area contributed by atoms with Crippen molar-refractivity contribution < 1.29 is 19.0 Å². The Morgan fingerprint density at radius 1 is 1.07 bits per heavy atom. The highest BCUT2D eigenvalue weighted by molar-refractivity contribution is 7.09. The molecule has 1 aliphatic rings. The first kappa shape index (κ1) is 16.7. The minimum absolute atomic E-state index is 0.136. The van der Waals surface area contributed by atoms with Crippen molar-refractivity contribution in [3.05, 3.63) is 70.5 Å². The Morgan fingerprint density at radius 2 is 1.93 bits per heavy atom. The molecule has 140 valence electrons. The van der Waals surface area contributed by atoms with E-state index in [0.29, 0.717) is 35.2 Å². The number of benzene rings is 2. The van der Waals surface area contributed by atoms with Crippen molar-refractivity contribution in [1.29, 1.82) is 0 Å². The average Bonchev–Trinajstić information content (AvgIpc) is 3.45. The molecule has 5 rings (SSSR count). The van der Waals surface area contributed by atoms with Crippen molar-refractivity contribution in [2.45, 2.75) is 6.54 Å². The summed E-state index contributed by atoms with van der Waals surface area (Å²) >= 11 is 1.62. The fourth-order valence-corrected chi connectivity index (χ4v) is 3.69. The Hall–Kier alpha value is -3.45. The molecule has 0 bridgehead atoms. The monoisotopic (exact) mass is 392 g/mol. The van der Waals surface area contributed by atoms with E-state index in [9.17, 15) is 4.79 Å². The summed E-state index contributed by atoms with van der Waals surface area (Å²) in [6.45, 7) is 0.746.